The van der Waals surface area contributed by atoms with Crippen LogP contribution in [0.2, 0.25) is 5.02 Å². The second-order valence-electron chi connectivity index (χ2n) is 6.73. The SMILES string of the molecule is CN(C)c1cccc2c(-n3nnnc3SCC(=O)Nc3ccccc3Cl)cccc12. The molecule has 0 saturated carbocycles. The van der Waals surface area contributed by atoms with Crippen molar-refractivity contribution in [1.82, 2.24) is 20.2 Å². The van der Waals surface area contributed by atoms with Crippen LogP contribution in [0.25, 0.3) is 16.5 Å². The fourth-order valence-electron chi connectivity index (χ4n) is 3.15. The fourth-order valence-corrected chi connectivity index (χ4v) is 4.02. The molecule has 0 radical (unpaired) electrons. The Morgan fingerprint density at radius 2 is 1.83 bits per heavy atom. The Bertz CT molecular complexity index is 1210. The number of nitrogens with one attached hydrogen (secondary N) is 1. The van der Waals surface area contributed by atoms with E-state index in [9.17, 15) is 4.79 Å². The summed E-state index contributed by atoms with van der Waals surface area (Å²) in [6.45, 7) is 0. The van der Waals surface area contributed by atoms with Gasteiger partial charge < -0.3 is 10.2 Å². The maximum Gasteiger partial charge on any atom is 0.234 e. The zero-order chi connectivity index (χ0) is 21.1. The summed E-state index contributed by atoms with van der Waals surface area (Å²) < 4.78 is 1.66. The van der Waals surface area contributed by atoms with Crippen molar-refractivity contribution in [1.29, 1.82) is 0 Å². The number of hydrogen-bond acceptors (Lipinski definition) is 6. The van der Waals surface area contributed by atoms with Gasteiger partial charge in [-0.1, -0.05) is 59.8 Å². The lowest BCUT2D eigenvalue weighted by Gasteiger charge is -2.17. The molecule has 0 aliphatic heterocycles. The highest BCUT2D eigenvalue weighted by atomic mass is 35.5. The predicted molar refractivity (Wildman–Crippen MR) is 122 cm³/mol. The van der Waals surface area contributed by atoms with Gasteiger partial charge in [0, 0.05) is 30.6 Å². The van der Waals surface area contributed by atoms with Crippen LogP contribution < -0.4 is 10.2 Å². The molecular formula is C21H19ClN6OS. The molecule has 1 amide bonds. The van der Waals surface area contributed by atoms with Crippen molar-refractivity contribution in [3.8, 4) is 5.69 Å². The number of halogens is 1. The molecule has 1 N–H and O–H groups in total. The van der Waals surface area contributed by atoms with E-state index in [1.165, 1.54) is 11.8 Å². The summed E-state index contributed by atoms with van der Waals surface area (Å²) in [5.41, 5.74) is 2.54. The highest BCUT2D eigenvalue weighted by molar-refractivity contribution is 7.99. The third kappa shape index (κ3) is 4.10. The van der Waals surface area contributed by atoms with E-state index in [0.717, 1.165) is 22.1 Å². The Morgan fingerprint density at radius 3 is 2.63 bits per heavy atom. The Balaban J connectivity index is 1.58. The van der Waals surface area contributed by atoms with Gasteiger partial charge in [0.05, 0.1) is 22.2 Å². The number of carbonyl (C=O) groups is 1. The number of nitrogens with zero attached hydrogens (tertiary/aromatic N) is 5. The first-order chi connectivity index (χ1) is 14.5. The summed E-state index contributed by atoms with van der Waals surface area (Å²) in [7, 11) is 4.02. The highest BCUT2D eigenvalue weighted by Gasteiger charge is 2.15. The fraction of sp³-hybridized carbons (Fsp3) is 0.143. The number of hydrogen-bond donors (Lipinski definition) is 1. The van der Waals surface area contributed by atoms with Gasteiger partial charge in [-0.2, -0.15) is 4.68 Å². The number of fused-ring (bicyclic) bond motifs is 1. The van der Waals surface area contributed by atoms with Gasteiger partial charge in [0.25, 0.3) is 0 Å². The number of thioether (sulfide) groups is 1. The number of benzene rings is 3. The average Bonchev–Trinajstić information content (AvgIpc) is 3.21. The second kappa shape index (κ2) is 8.73. The summed E-state index contributed by atoms with van der Waals surface area (Å²) in [5.74, 6) is -0.0327. The van der Waals surface area contributed by atoms with Gasteiger partial charge in [-0.15, -0.1) is 5.10 Å². The zero-order valence-electron chi connectivity index (χ0n) is 16.4. The van der Waals surface area contributed by atoms with E-state index in [1.54, 1.807) is 16.8 Å². The van der Waals surface area contributed by atoms with E-state index in [-0.39, 0.29) is 11.7 Å². The van der Waals surface area contributed by atoms with Crippen LogP contribution in [0, 0.1) is 0 Å². The van der Waals surface area contributed by atoms with Gasteiger partial charge in [0.2, 0.25) is 11.1 Å². The Morgan fingerprint density at radius 1 is 1.07 bits per heavy atom. The van der Waals surface area contributed by atoms with Gasteiger partial charge in [-0.3, -0.25) is 4.79 Å². The third-order valence-corrected chi connectivity index (χ3v) is 5.76. The smallest absolute Gasteiger partial charge is 0.234 e. The molecule has 9 heteroatoms. The van der Waals surface area contributed by atoms with E-state index in [4.69, 9.17) is 11.6 Å². The molecule has 0 bridgehead atoms. The summed E-state index contributed by atoms with van der Waals surface area (Å²) in [5, 5.41) is 18.0. The molecule has 0 aliphatic rings. The lowest BCUT2D eigenvalue weighted by molar-refractivity contribution is -0.113. The number of anilines is 2. The van der Waals surface area contributed by atoms with Crippen LogP contribution in [-0.4, -0.2) is 46.0 Å². The minimum atomic E-state index is -0.185. The van der Waals surface area contributed by atoms with E-state index in [2.05, 4.69) is 37.9 Å². The van der Waals surface area contributed by atoms with Crippen molar-refractivity contribution in [2.75, 3.05) is 30.1 Å². The van der Waals surface area contributed by atoms with Crippen LogP contribution in [0.1, 0.15) is 0 Å². The number of amides is 1. The summed E-state index contributed by atoms with van der Waals surface area (Å²) >= 11 is 7.36. The normalized spacial score (nSPS) is 10.9. The molecule has 0 saturated heterocycles. The lowest BCUT2D eigenvalue weighted by Crippen LogP contribution is -2.15. The minimum Gasteiger partial charge on any atom is -0.377 e. The van der Waals surface area contributed by atoms with Crippen LogP contribution >= 0.6 is 23.4 Å². The number of tetrazole rings is 1. The molecule has 4 rings (SSSR count). The van der Waals surface area contributed by atoms with Gasteiger partial charge in [-0.05, 0) is 34.7 Å². The molecule has 0 spiro atoms. The molecule has 4 aromatic rings. The van der Waals surface area contributed by atoms with Crippen LogP contribution in [0.4, 0.5) is 11.4 Å². The zero-order valence-corrected chi connectivity index (χ0v) is 18.0. The largest absolute Gasteiger partial charge is 0.377 e. The molecule has 152 valence electrons. The molecule has 0 aliphatic carbocycles. The third-order valence-electron chi connectivity index (χ3n) is 4.51. The van der Waals surface area contributed by atoms with Gasteiger partial charge >= 0.3 is 0 Å². The summed E-state index contributed by atoms with van der Waals surface area (Å²) in [4.78, 5) is 14.4. The summed E-state index contributed by atoms with van der Waals surface area (Å²) in [6, 6.07) is 19.2. The monoisotopic (exact) mass is 438 g/mol. The average molecular weight is 439 g/mol. The van der Waals surface area contributed by atoms with Crippen molar-refractivity contribution in [3.05, 3.63) is 65.7 Å². The van der Waals surface area contributed by atoms with Crippen LogP contribution in [0.3, 0.4) is 0 Å². The van der Waals surface area contributed by atoms with Crippen molar-refractivity contribution < 1.29 is 4.79 Å². The van der Waals surface area contributed by atoms with E-state index in [1.807, 2.05) is 50.5 Å². The topological polar surface area (TPSA) is 75.9 Å². The molecule has 0 unspecified atom stereocenters. The van der Waals surface area contributed by atoms with Crippen LogP contribution in [0.15, 0.2) is 65.8 Å². The van der Waals surface area contributed by atoms with E-state index < -0.39 is 0 Å². The molecule has 1 heterocycles. The van der Waals surface area contributed by atoms with Gasteiger partial charge in [0.15, 0.2) is 0 Å². The maximum absolute atomic E-state index is 12.4. The van der Waals surface area contributed by atoms with Crippen molar-refractivity contribution in [2.24, 2.45) is 0 Å². The van der Waals surface area contributed by atoms with Crippen molar-refractivity contribution >= 4 is 51.4 Å². The maximum atomic E-state index is 12.4. The number of carbonyl (C=O) groups excluding carboxylic acids is 1. The summed E-state index contributed by atoms with van der Waals surface area (Å²) in [6.07, 6.45) is 0. The molecule has 30 heavy (non-hydrogen) atoms. The van der Waals surface area contributed by atoms with Crippen molar-refractivity contribution in [3.63, 3.8) is 0 Å². The van der Waals surface area contributed by atoms with Gasteiger partial charge in [0.1, 0.15) is 0 Å². The molecule has 0 fully saturated rings. The quantitative estimate of drug-likeness (QED) is 0.453. The number of aromatic nitrogens is 4. The molecule has 1 aromatic heterocycles. The van der Waals surface area contributed by atoms with Gasteiger partial charge in [-0.25, -0.2) is 0 Å². The molecule has 3 aromatic carbocycles. The van der Waals surface area contributed by atoms with Crippen molar-refractivity contribution in [2.45, 2.75) is 5.16 Å². The number of rotatable bonds is 6. The lowest BCUT2D eigenvalue weighted by atomic mass is 10.1. The highest BCUT2D eigenvalue weighted by Crippen LogP contribution is 2.31. The first kappa shape index (κ1) is 20.2. The Kier molecular flexibility index (Phi) is 5.87. The van der Waals surface area contributed by atoms with E-state index in [0.29, 0.717) is 15.9 Å². The first-order valence-electron chi connectivity index (χ1n) is 9.19. The second-order valence-corrected chi connectivity index (χ2v) is 8.08. The molecule has 0 atom stereocenters. The Hall–Kier alpha value is -3.10. The molecule has 7 nitrogen and oxygen atoms in total. The van der Waals surface area contributed by atoms with Crippen LogP contribution in [-0.2, 0) is 4.79 Å². The minimum absolute atomic E-state index is 0.152. The molecular weight excluding hydrogens is 420 g/mol. The predicted octanol–water partition coefficient (Wildman–Crippen LogP) is 4.27. The van der Waals surface area contributed by atoms with E-state index >= 15 is 0 Å². The van der Waals surface area contributed by atoms with Crippen LogP contribution in [0.5, 0.6) is 0 Å². The first-order valence-corrected chi connectivity index (χ1v) is 10.6. The Labute approximate surface area is 183 Å². The standard InChI is InChI=1S/C21H19ClN6OS/c1-27(2)18-11-5-8-15-14(18)7-6-12-19(15)28-21(24-25-26-28)30-13-20(29)23-17-10-4-3-9-16(17)22/h3-12H,13H2,1-2H3,(H,23,29). The number of para-hydroxylation sites is 1.